The molecule has 9 heteroatoms. The molecule has 0 aliphatic carbocycles. The van der Waals surface area contributed by atoms with Gasteiger partial charge in [-0.3, -0.25) is 0 Å². The minimum absolute atomic E-state index is 0.121. The van der Waals surface area contributed by atoms with Crippen LogP contribution >= 0.6 is 0 Å². The highest BCUT2D eigenvalue weighted by atomic mass is 32.2. The Bertz CT molecular complexity index is 1290. The van der Waals surface area contributed by atoms with Gasteiger partial charge in [0.05, 0.1) is 11.9 Å². The first kappa shape index (κ1) is 19.7. The van der Waals surface area contributed by atoms with Crippen molar-refractivity contribution in [3.8, 4) is 22.5 Å². The molecule has 0 unspecified atom stereocenters. The molecule has 8 nitrogen and oxygen atoms in total. The van der Waals surface area contributed by atoms with E-state index < -0.39 is 10.0 Å². The molecule has 0 amide bonds. The van der Waals surface area contributed by atoms with E-state index in [0.29, 0.717) is 17.1 Å². The molecule has 3 aromatic carbocycles. The Labute approximate surface area is 174 Å². The number of hydrogen-bond donors (Lipinski definition) is 2. The highest BCUT2D eigenvalue weighted by Crippen LogP contribution is 2.31. The standard InChI is InChI=1S/C21H20N6O2S/c1-22-30(28,29)18-11-12-20(19(14-18)21-24-26-27(2)25-21)23-17-10-6-9-16(13-17)15-7-4-3-5-8-15/h3-14,22-23H,1-2H3. The third kappa shape index (κ3) is 4.07. The second-order valence-electron chi connectivity index (χ2n) is 6.59. The van der Waals surface area contributed by atoms with E-state index >= 15 is 0 Å². The molecular weight excluding hydrogens is 400 g/mol. The molecular formula is C21H20N6O2S. The van der Waals surface area contributed by atoms with Crippen molar-refractivity contribution in [2.45, 2.75) is 4.90 Å². The molecule has 2 N–H and O–H groups in total. The molecule has 1 aromatic heterocycles. The van der Waals surface area contributed by atoms with Crippen LogP contribution in [-0.2, 0) is 17.1 Å². The summed E-state index contributed by atoms with van der Waals surface area (Å²) in [7, 11) is -0.589. The summed E-state index contributed by atoms with van der Waals surface area (Å²) in [6, 6.07) is 22.8. The number of rotatable bonds is 6. The van der Waals surface area contributed by atoms with Crippen LogP contribution in [0.4, 0.5) is 11.4 Å². The van der Waals surface area contributed by atoms with E-state index in [-0.39, 0.29) is 4.90 Å². The van der Waals surface area contributed by atoms with Gasteiger partial charge in [-0.25, -0.2) is 13.1 Å². The van der Waals surface area contributed by atoms with Gasteiger partial charge in [0.1, 0.15) is 0 Å². The quantitative estimate of drug-likeness (QED) is 0.497. The lowest BCUT2D eigenvalue weighted by atomic mass is 10.0. The predicted molar refractivity (Wildman–Crippen MR) is 116 cm³/mol. The first-order chi connectivity index (χ1) is 14.5. The molecule has 0 saturated carbocycles. The van der Waals surface area contributed by atoms with Gasteiger partial charge in [-0.1, -0.05) is 42.5 Å². The zero-order chi connectivity index (χ0) is 21.1. The fourth-order valence-corrected chi connectivity index (χ4v) is 3.81. The van der Waals surface area contributed by atoms with Crippen LogP contribution in [0.1, 0.15) is 0 Å². The lowest BCUT2D eigenvalue weighted by Crippen LogP contribution is -2.18. The SMILES string of the molecule is CNS(=O)(=O)c1ccc(Nc2cccc(-c3ccccc3)c2)c(-c2nnn(C)n2)c1. The highest BCUT2D eigenvalue weighted by Gasteiger charge is 2.18. The van der Waals surface area contributed by atoms with Gasteiger partial charge < -0.3 is 5.32 Å². The van der Waals surface area contributed by atoms with E-state index in [2.05, 4.69) is 25.4 Å². The lowest BCUT2D eigenvalue weighted by molar-refractivity contribution is 0.588. The van der Waals surface area contributed by atoms with Crippen LogP contribution in [0.5, 0.6) is 0 Å². The van der Waals surface area contributed by atoms with Gasteiger partial charge in [0.25, 0.3) is 0 Å². The number of nitrogens with one attached hydrogen (secondary N) is 2. The van der Waals surface area contributed by atoms with E-state index in [4.69, 9.17) is 0 Å². The Balaban J connectivity index is 1.76. The molecule has 30 heavy (non-hydrogen) atoms. The number of aryl methyl sites for hydroxylation is 1. The fourth-order valence-electron chi connectivity index (χ4n) is 3.06. The smallest absolute Gasteiger partial charge is 0.240 e. The summed E-state index contributed by atoms with van der Waals surface area (Å²) in [4.78, 5) is 1.45. The Morgan fingerprint density at radius 2 is 1.67 bits per heavy atom. The molecule has 152 valence electrons. The summed E-state index contributed by atoms with van der Waals surface area (Å²) in [5.41, 5.74) is 4.22. The van der Waals surface area contributed by atoms with Gasteiger partial charge >= 0.3 is 0 Å². The number of hydrogen-bond acceptors (Lipinski definition) is 6. The maximum absolute atomic E-state index is 12.3. The van der Waals surface area contributed by atoms with Crippen molar-refractivity contribution < 1.29 is 8.42 Å². The van der Waals surface area contributed by atoms with Gasteiger partial charge in [-0.05, 0) is 53.7 Å². The minimum Gasteiger partial charge on any atom is -0.355 e. The summed E-state index contributed by atoms with van der Waals surface area (Å²) < 4.78 is 26.9. The summed E-state index contributed by atoms with van der Waals surface area (Å²) >= 11 is 0. The van der Waals surface area contributed by atoms with Crippen LogP contribution in [0.2, 0.25) is 0 Å². The average molecular weight is 420 g/mol. The monoisotopic (exact) mass is 420 g/mol. The molecule has 0 fully saturated rings. The summed E-state index contributed by atoms with van der Waals surface area (Å²) in [6.07, 6.45) is 0. The van der Waals surface area contributed by atoms with Crippen LogP contribution in [0, 0.1) is 0 Å². The molecule has 0 radical (unpaired) electrons. The predicted octanol–water partition coefficient (Wildman–Crippen LogP) is 3.20. The normalized spacial score (nSPS) is 11.4. The van der Waals surface area contributed by atoms with E-state index in [1.165, 1.54) is 24.0 Å². The van der Waals surface area contributed by atoms with Crippen molar-refractivity contribution in [3.63, 3.8) is 0 Å². The molecule has 0 spiro atoms. The van der Waals surface area contributed by atoms with Crippen LogP contribution < -0.4 is 10.0 Å². The molecule has 0 saturated heterocycles. The summed E-state index contributed by atoms with van der Waals surface area (Å²) in [5.74, 6) is 0.326. The van der Waals surface area contributed by atoms with Crippen LogP contribution in [0.3, 0.4) is 0 Å². The van der Waals surface area contributed by atoms with E-state index in [1.807, 2.05) is 54.6 Å². The van der Waals surface area contributed by atoms with Crippen molar-refractivity contribution >= 4 is 21.4 Å². The zero-order valence-corrected chi connectivity index (χ0v) is 17.3. The van der Waals surface area contributed by atoms with Crippen molar-refractivity contribution in [1.29, 1.82) is 0 Å². The van der Waals surface area contributed by atoms with Crippen LogP contribution in [0.15, 0.2) is 77.7 Å². The van der Waals surface area contributed by atoms with E-state index in [1.54, 1.807) is 13.1 Å². The van der Waals surface area contributed by atoms with E-state index in [9.17, 15) is 8.42 Å². The van der Waals surface area contributed by atoms with E-state index in [0.717, 1.165) is 16.8 Å². The highest BCUT2D eigenvalue weighted by molar-refractivity contribution is 7.89. The van der Waals surface area contributed by atoms with Gasteiger partial charge in [-0.15, -0.1) is 10.2 Å². The fraction of sp³-hybridized carbons (Fsp3) is 0.0952. The Morgan fingerprint density at radius 3 is 2.37 bits per heavy atom. The maximum Gasteiger partial charge on any atom is 0.240 e. The third-order valence-corrected chi connectivity index (χ3v) is 5.98. The topological polar surface area (TPSA) is 102 Å². The van der Waals surface area contributed by atoms with Gasteiger partial charge in [0, 0.05) is 16.9 Å². The molecule has 4 aromatic rings. The maximum atomic E-state index is 12.3. The second kappa shape index (κ2) is 8.05. The number of aromatic nitrogens is 4. The third-order valence-electron chi connectivity index (χ3n) is 4.57. The zero-order valence-electron chi connectivity index (χ0n) is 16.4. The largest absolute Gasteiger partial charge is 0.355 e. The molecule has 0 atom stereocenters. The van der Waals surface area contributed by atoms with Crippen LogP contribution in [0.25, 0.3) is 22.5 Å². The first-order valence-corrected chi connectivity index (χ1v) is 10.7. The summed E-state index contributed by atoms with van der Waals surface area (Å²) in [5, 5.41) is 15.5. The van der Waals surface area contributed by atoms with Crippen molar-refractivity contribution in [2.75, 3.05) is 12.4 Å². The molecule has 4 rings (SSSR count). The Morgan fingerprint density at radius 1 is 0.900 bits per heavy atom. The first-order valence-electron chi connectivity index (χ1n) is 9.21. The van der Waals surface area contributed by atoms with Crippen molar-refractivity contribution in [1.82, 2.24) is 24.9 Å². The van der Waals surface area contributed by atoms with Gasteiger partial charge in [0.2, 0.25) is 15.8 Å². The van der Waals surface area contributed by atoms with Crippen molar-refractivity contribution in [2.24, 2.45) is 7.05 Å². The number of tetrazole rings is 1. The lowest BCUT2D eigenvalue weighted by Gasteiger charge is -2.13. The molecule has 0 bridgehead atoms. The molecule has 1 heterocycles. The number of benzene rings is 3. The second-order valence-corrected chi connectivity index (χ2v) is 8.48. The average Bonchev–Trinajstić information content (AvgIpc) is 3.21. The minimum atomic E-state index is -3.61. The molecule has 0 aliphatic rings. The summed E-state index contributed by atoms with van der Waals surface area (Å²) in [6.45, 7) is 0. The molecule has 0 aliphatic heterocycles. The van der Waals surface area contributed by atoms with Crippen molar-refractivity contribution in [3.05, 3.63) is 72.8 Å². The number of sulfonamides is 1. The Hall–Kier alpha value is -3.56. The van der Waals surface area contributed by atoms with Gasteiger partial charge in [0.15, 0.2) is 0 Å². The van der Waals surface area contributed by atoms with Gasteiger partial charge in [-0.2, -0.15) is 4.80 Å². The number of anilines is 2. The number of nitrogens with zero attached hydrogens (tertiary/aromatic N) is 4. The Kier molecular flexibility index (Phi) is 5.30. The van der Waals surface area contributed by atoms with Crippen LogP contribution in [-0.4, -0.2) is 35.7 Å².